The van der Waals surface area contributed by atoms with Crippen molar-refractivity contribution in [1.82, 2.24) is 0 Å². The number of thiophene rings is 1. The minimum atomic E-state index is -4.62. The van der Waals surface area contributed by atoms with Crippen molar-refractivity contribution in [2.45, 2.75) is 20.0 Å². The number of nitrogens with zero attached hydrogens (tertiary/aromatic N) is 1. The molecule has 3 aromatic rings. The molecule has 4 N–H and O–H groups in total. The summed E-state index contributed by atoms with van der Waals surface area (Å²) in [6, 6.07) is 7.80. The molecule has 146 valence electrons. The fourth-order valence-corrected chi connectivity index (χ4v) is 4.00. The Hall–Kier alpha value is -3.00. The molecule has 0 aliphatic carbocycles. The molecule has 0 aliphatic rings. The van der Waals surface area contributed by atoms with Crippen LogP contribution in [0.5, 0.6) is 5.75 Å². The molecule has 0 radical (unpaired) electrons. The van der Waals surface area contributed by atoms with Crippen LogP contribution in [0.3, 0.4) is 0 Å². The molecule has 8 heteroatoms. The van der Waals surface area contributed by atoms with E-state index >= 15 is 0 Å². The van der Waals surface area contributed by atoms with E-state index < -0.39 is 17.6 Å². The summed E-state index contributed by atoms with van der Waals surface area (Å²) in [5.74, 6) is -0.414. The SMILES string of the molecule is Cc1csc(C)c1-c1c(/C(N)=N/O)cc(C(F)(F)F)cc1-c1ccc(O)cc1. The number of aromatic hydroxyl groups is 1. The summed E-state index contributed by atoms with van der Waals surface area (Å²) >= 11 is 1.46. The zero-order valence-electron chi connectivity index (χ0n) is 15.0. The van der Waals surface area contributed by atoms with Crippen LogP contribution in [0.2, 0.25) is 0 Å². The third-order valence-electron chi connectivity index (χ3n) is 4.44. The van der Waals surface area contributed by atoms with Crippen LogP contribution in [0.15, 0.2) is 46.9 Å². The third-order valence-corrected chi connectivity index (χ3v) is 5.47. The molecule has 28 heavy (non-hydrogen) atoms. The summed E-state index contributed by atoms with van der Waals surface area (Å²) in [5, 5.41) is 23.6. The lowest BCUT2D eigenvalue weighted by Gasteiger charge is -2.19. The van der Waals surface area contributed by atoms with Crippen molar-refractivity contribution in [2.24, 2.45) is 10.9 Å². The molecular formula is C20H17F3N2O2S. The number of phenols is 1. The molecule has 0 unspecified atom stereocenters. The molecule has 0 saturated heterocycles. The van der Waals surface area contributed by atoms with E-state index in [-0.39, 0.29) is 16.9 Å². The van der Waals surface area contributed by atoms with Gasteiger partial charge in [0.05, 0.1) is 5.56 Å². The van der Waals surface area contributed by atoms with Crippen molar-refractivity contribution in [3.8, 4) is 28.0 Å². The molecule has 3 rings (SSSR count). The van der Waals surface area contributed by atoms with Crippen LogP contribution in [-0.4, -0.2) is 16.1 Å². The van der Waals surface area contributed by atoms with Crippen LogP contribution in [0, 0.1) is 13.8 Å². The summed E-state index contributed by atoms with van der Waals surface area (Å²) in [6.07, 6.45) is -4.62. The van der Waals surface area contributed by atoms with Crippen molar-refractivity contribution in [2.75, 3.05) is 0 Å². The Labute approximate surface area is 163 Å². The highest BCUT2D eigenvalue weighted by Crippen LogP contribution is 2.44. The molecular weight excluding hydrogens is 389 g/mol. The van der Waals surface area contributed by atoms with Crippen LogP contribution in [0.25, 0.3) is 22.3 Å². The molecule has 0 atom stereocenters. The van der Waals surface area contributed by atoms with Crippen LogP contribution in [0.1, 0.15) is 21.6 Å². The third kappa shape index (κ3) is 3.55. The number of oxime groups is 1. The highest BCUT2D eigenvalue weighted by Gasteiger charge is 2.33. The maximum atomic E-state index is 13.5. The Kier molecular flexibility index (Phi) is 5.08. The Balaban J connectivity index is 2.48. The van der Waals surface area contributed by atoms with E-state index in [9.17, 15) is 23.5 Å². The van der Waals surface area contributed by atoms with Gasteiger partial charge in [0.2, 0.25) is 0 Å². The lowest BCUT2D eigenvalue weighted by Crippen LogP contribution is -2.17. The first-order valence-corrected chi connectivity index (χ1v) is 9.09. The lowest BCUT2D eigenvalue weighted by molar-refractivity contribution is -0.137. The minimum absolute atomic E-state index is 0.00294. The first kappa shape index (κ1) is 19.8. The molecule has 2 aromatic carbocycles. The summed E-state index contributed by atoms with van der Waals surface area (Å²) in [6.45, 7) is 3.72. The summed E-state index contributed by atoms with van der Waals surface area (Å²) in [4.78, 5) is 0.893. The fourth-order valence-electron chi connectivity index (χ4n) is 3.15. The Morgan fingerprint density at radius 3 is 2.21 bits per heavy atom. The second-order valence-corrected chi connectivity index (χ2v) is 7.41. The van der Waals surface area contributed by atoms with Gasteiger partial charge in [0.1, 0.15) is 5.75 Å². The van der Waals surface area contributed by atoms with Crippen LogP contribution in [0.4, 0.5) is 13.2 Å². The van der Waals surface area contributed by atoms with Gasteiger partial charge in [-0.3, -0.25) is 0 Å². The molecule has 0 aliphatic heterocycles. The van der Waals surface area contributed by atoms with Crippen molar-refractivity contribution in [1.29, 1.82) is 0 Å². The Morgan fingerprint density at radius 1 is 1.07 bits per heavy atom. The summed E-state index contributed by atoms with van der Waals surface area (Å²) in [5.41, 5.74) is 7.67. The highest BCUT2D eigenvalue weighted by atomic mass is 32.1. The number of hydrogen-bond donors (Lipinski definition) is 3. The number of amidine groups is 1. The average molecular weight is 406 g/mol. The molecule has 0 bridgehead atoms. The molecule has 0 saturated carbocycles. The summed E-state index contributed by atoms with van der Waals surface area (Å²) in [7, 11) is 0. The largest absolute Gasteiger partial charge is 0.508 e. The van der Waals surface area contributed by atoms with Crippen LogP contribution >= 0.6 is 11.3 Å². The predicted molar refractivity (Wildman–Crippen MR) is 104 cm³/mol. The van der Waals surface area contributed by atoms with Gasteiger partial charge < -0.3 is 16.0 Å². The van der Waals surface area contributed by atoms with Gasteiger partial charge in [-0.15, -0.1) is 11.3 Å². The lowest BCUT2D eigenvalue weighted by atomic mass is 9.87. The van der Waals surface area contributed by atoms with Crippen molar-refractivity contribution in [3.63, 3.8) is 0 Å². The number of rotatable bonds is 3. The molecule has 1 aromatic heterocycles. The number of alkyl halides is 3. The van der Waals surface area contributed by atoms with Gasteiger partial charge in [-0.2, -0.15) is 13.2 Å². The van der Waals surface area contributed by atoms with E-state index in [1.165, 1.54) is 35.6 Å². The number of aryl methyl sites for hydroxylation is 2. The first-order chi connectivity index (χ1) is 13.1. The molecule has 0 amide bonds. The van der Waals surface area contributed by atoms with Gasteiger partial charge >= 0.3 is 6.18 Å². The van der Waals surface area contributed by atoms with E-state index in [0.717, 1.165) is 28.1 Å². The number of nitrogens with two attached hydrogens (primary N) is 1. The van der Waals surface area contributed by atoms with Gasteiger partial charge in [-0.05, 0) is 65.7 Å². The van der Waals surface area contributed by atoms with Gasteiger partial charge in [0.15, 0.2) is 5.84 Å². The van der Waals surface area contributed by atoms with Crippen molar-refractivity contribution >= 4 is 17.2 Å². The zero-order valence-corrected chi connectivity index (χ0v) is 15.8. The second-order valence-electron chi connectivity index (χ2n) is 6.33. The normalized spacial score (nSPS) is 12.4. The molecule has 0 fully saturated rings. The van der Waals surface area contributed by atoms with Gasteiger partial charge in [-0.25, -0.2) is 0 Å². The Morgan fingerprint density at radius 2 is 1.71 bits per heavy atom. The Bertz CT molecular complexity index is 1040. The van der Waals surface area contributed by atoms with Crippen molar-refractivity contribution < 1.29 is 23.5 Å². The minimum Gasteiger partial charge on any atom is -0.508 e. The number of halogens is 3. The highest BCUT2D eigenvalue weighted by molar-refractivity contribution is 7.10. The van der Waals surface area contributed by atoms with Gasteiger partial charge in [0.25, 0.3) is 0 Å². The van der Waals surface area contributed by atoms with E-state index in [4.69, 9.17) is 5.73 Å². The standard InChI is InChI=1S/C20H17F3N2O2S/c1-10-9-28-11(2)17(10)18-15(12-3-5-14(26)6-4-12)7-13(20(21,22)23)8-16(18)19(24)25-27/h3-9,26-27H,1-2H3,(H2,24,25). The topological polar surface area (TPSA) is 78.8 Å². The van der Waals surface area contributed by atoms with Gasteiger partial charge in [-0.1, -0.05) is 17.3 Å². The fraction of sp³-hybridized carbons (Fsp3) is 0.150. The van der Waals surface area contributed by atoms with E-state index in [0.29, 0.717) is 11.1 Å². The second kappa shape index (κ2) is 7.20. The van der Waals surface area contributed by atoms with E-state index in [2.05, 4.69) is 5.16 Å². The van der Waals surface area contributed by atoms with E-state index in [1.807, 2.05) is 19.2 Å². The monoisotopic (exact) mass is 406 g/mol. The molecule has 4 nitrogen and oxygen atoms in total. The van der Waals surface area contributed by atoms with Crippen molar-refractivity contribution in [3.05, 3.63) is 63.3 Å². The van der Waals surface area contributed by atoms with Crippen LogP contribution in [-0.2, 0) is 6.18 Å². The van der Waals surface area contributed by atoms with Gasteiger partial charge in [0, 0.05) is 16.0 Å². The number of benzene rings is 2. The van der Waals surface area contributed by atoms with E-state index in [1.54, 1.807) is 0 Å². The number of phenolic OH excluding ortho intramolecular Hbond substituents is 1. The first-order valence-electron chi connectivity index (χ1n) is 8.21. The summed E-state index contributed by atoms with van der Waals surface area (Å²) < 4.78 is 40.6. The quantitative estimate of drug-likeness (QED) is 0.232. The predicted octanol–water partition coefficient (Wildman–Crippen LogP) is 5.52. The molecule has 0 spiro atoms. The smallest absolute Gasteiger partial charge is 0.416 e. The average Bonchev–Trinajstić information content (AvgIpc) is 2.98. The maximum Gasteiger partial charge on any atom is 0.416 e. The zero-order chi connectivity index (χ0) is 20.6. The van der Waals surface area contributed by atoms with Crippen LogP contribution < -0.4 is 5.73 Å². The maximum absolute atomic E-state index is 13.5. The number of hydrogen-bond acceptors (Lipinski definition) is 4. The molecule has 1 heterocycles.